The van der Waals surface area contributed by atoms with Gasteiger partial charge in [0.1, 0.15) is 12.2 Å². The molecule has 0 saturated carbocycles. The smallest absolute Gasteiger partial charge is 0.456 e. The highest BCUT2D eigenvalue weighted by atomic mass is 16.7. The van der Waals surface area contributed by atoms with Gasteiger partial charge < -0.3 is 28.3 Å². The van der Waals surface area contributed by atoms with Crippen molar-refractivity contribution in [3.8, 4) is 0 Å². The molecule has 8 nitrogen and oxygen atoms in total. The van der Waals surface area contributed by atoms with Crippen molar-refractivity contribution in [1.82, 2.24) is 0 Å². The van der Waals surface area contributed by atoms with E-state index in [-0.39, 0.29) is 6.61 Å². The summed E-state index contributed by atoms with van der Waals surface area (Å²) in [7, 11) is 1.01. The number of rotatable bonds is 4. The summed E-state index contributed by atoms with van der Waals surface area (Å²) < 4.78 is 32.8. The lowest BCUT2D eigenvalue weighted by atomic mass is 9.82. The van der Waals surface area contributed by atoms with Gasteiger partial charge in [0.25, 0.3) is 0 Å². The summed E-state index contributed by atoms with van der Waals surface area (Å²) in [6.07, 6.45) is -2.99. The van der Waals surface area contributed by atoms with E-state index in [4.69, 9.17) is 28.3 Å². The molecule has 0 aliphatic carbocycles. The van der Waals surface area contributed by atoms with Gasteiger partial charge in [-0.2, -0.15) is 0 Å². The van der Waals surface area contributed by atoms with E-state index in [9.17, 15) is 9.59 Å². The number of methoxy groups -OCH3 is 1. The molecule has 5 atom stereocenters. The van der Waals surface area contributed by atoms with E-state index < -0.39 is 49.8 Å². The predicted molar refractivity (Wildman–Crippen MR) is 73.8 cm³/mol. The SMILES string of the molecule is CCB1OC[C@H]2O[C@H](OC)[C@H](OC(C)=O)[C@@H](OC(C)=O)[C@@H]2O1. The zero-order chi connectivity index (χ0) is 16.3. The molecule has 0 unspecified atom stereocenters. The zero-order valence-corrected chi connectivity index (χ0v) is 13.1. The lowest BCUT2D eigenvalue weighted by Gasteiger charge is -2.47. The second-order valence-corrected chi connectivity index (χ2v) is 5.20. The van der Waals surface area contributed by atoms with Crippen molar-refractivity contribution in [3.05, 3.63) is 0 Å². The number of ether oxygens (including phenoxy) is 4. The molecule has 2 fully saturated rings. The average molecular weight is 316 g/mol. The van der Waals surface area contributed by atoms with Crippen LogP contribution in [0, 0.1) is 0 Å². The summed E-state index contributed by atoms with van der Waals surface area (Å²) in [5.41, 5.74) is 0. The first-order valence-corrected chi connectivity index (χ1v) is 7.26. The van der Waals surface area contributed by atoms with Gasteiger partial charge in [0.15, 0.2) is 18.5 Å². The van der Waals surface area contributed by atoms with Gasteiger partial charge in [-0.15, -0.1) is 0 Å². The van der Waals surface area contributed by atoms with Crippen LogP contribution in [-0.4, -0.2) is 63.5 Å². The molecule has 0 radical (unpaired) electrons. The van der Waals surface area contributed by atoms with Crippen LogP contribution in [-0.2, 0) is 37.8 Å². The van der Waals surface area contributed by atoms with Crippen LogP contribution in [0.25, 0.3) is 0 Å². The lowest BCUT2D eigenvalue weighted by Crippen LogP contribution is -2.65. The molecule has 0 amide bonds. The fourth-order valence-electron chi connectivity index (χ4n) is 2.64. The Balaban J connectivity index is 2.24. The topological polar surface area (TPSA) is 89.5 Å². The first-order valence-electron chi connectivity index (χ1n) is 7.26. The Kier molecular flexibility index (Phi) is 5.79. The molecular formula is C13H21BO8. The highest BCUT2D eigenvalue weighted by Gasteiger charge is 2.53. The van der Waals surface area contributed by atoms with Crippen LogP contribution >= 0.6 is 0 Å². The third kappa shape index (κ3) is 3.78. The van der Waals surface area contributed by atoms with E-state index >= 15 is 0 Å². The molecule has 0 aromatic carbocycles. The molecule has 0 N–H and O–H groups in total. The number of hydrogen-bond donors (Lipinski definition) is 0. The van der Waals surface area contributed by atoms with Crippen molar-refractivity contribution in [1.29, 1.82) is 0 Å². The number of carbonyl (C=O) groups excluding carboxylic acids is 2. The molecule has 2 heterocycles. The largest absolute Gasteiger partial charge is 0.457 e. The van der Waals surface area contributed by atoms with Gasteiger partial charge in [-0.1, -0.05) is 6.92 Å². The summed E-state index contributed by atoms with van der Waals surface area (Å²) in [5, 5.41) is 0. The highest BCUT2D eigenvalue weighted by molar-refractivity contribution is 6.44. The minimum absolute atomic E-state index is 0.285. The van der Waals surface area contributed by atoms with Crippen LogP contribution in [0.4, 0.5) is 0 Å². The number of esters is 2. The number of fused-ring (bicyclic) bond motifs is 1. The highest BCUT2D eigenvalue weighted by Crippen LogP contribution is 2.32. The van der Waals surface area contributed by atoms with Gasteiger partial charge in [-0.25, -0.2) is 0 Å². The van der Waals surface area contributed by atoms with E-state index in [0.29, 0.717) is 6.32 Å². The van der Waals surface area contributed by atoms with E-state index in [0.717, 1.165) is 0 Å². The predicted octanol–water partition coefficient (Wildman–Crippen LogP) is 0.145. The van der Waals surface area contributed by atoms with Crippen LogP contribution in [0.1, 0.15) is 20.8 Å². The van der Waals surface area contributed by atoms with Gasteiger partial charge in [0, 0.05) is 21.0 Å². The first kappa shape index (κ1) is 17.2. The van der Waals surface area contributed by atoms with Gasteiger partial charge in [-0.3, -0.25) is 9.59 Å². The molecule has 2 aliphatic heterocycles. The number of hydrogen-bond acceptors (Lipinski definition) is 8. The minimum atomic E-state index is -0.900. The van der Waals surface area contributed by atoms with Gasteiger partial charge >= 0.3 is 19.1 Å². The van der Waals surface area contributed by atoms with Crippen LogP contribution in [0.2, 0.25) is 6.32 Å². The summed E-state index contributed by atoms with van der Waals surface area (Å²) in [6.45, 7) is 4.75. The second kappa shape index (κ2) is 7.41. The fourth-order valence-corrected chi connectivity index (χ4v) is 2.64. The first-order chi connectivity index (χ1) is 10.5. The van der Waals surface area contributed by atoms with Crippen molar-refractivity contribution < 1.29 is 37.8 Å². The summed E-state index contributed by atoms with van der Waals surface area (Å²) in [6, 6.07) is 0. The maximum atomic E-state index is 11.4. The van der Waals surface area contributed by atoms with Crippen molar-refractivity contribution in [2.45, 2.75) is 57.8 Å². The Hall–Kier alpha value is -1.16. The van der Waals surface area contributed by atoms with Crippen molar-refractivity contribution in [2.24, 2.45) is 0 Å². The molecular weight excluding hydrogens is 295 g/mol. The standard InChI is InChI=1S/C13H21BO8/c1-5-14-18-6-9-10(22-14)11(19-7(2)15)12(20-8(3)16)13(17-4)21-9/h9-13H,5-6H2,1-4H3/t9-,10-,11+,12-,13+/m1/s1. The van der Waals surface area contributed by atoms with E-state index in [2.05, 4.69) is 0 Å². The molecule has 0 aromatic heterocycles. The van der Waals surface area contributed by atoms with Crippen LogP contribution in [0.3, 0.4) is 0 Å². The molecule has 124 valence electrons. The maximum Gasteiger partial charge on any atom is 0.457 e. The van der Waals surface area contributed by atoms with E-state index in [1.165, 1.54) is 21.0 Å². The van der Waals surface area contributed by atoms with Crippen LogP contribution in [0.5, 0.6) is 0 Å². The van der Waals surface area contributed by atoms with Crippen molar-refractivity contribution >= 4 is 19.1 Å². The normalized spacial score (nSPS) is 34.7. The van der Waals surface area contributed by atoms with Gasteiger partial charge in [0.05, 0.1) is 6.61 Å². The second-order valence-electron chi connectivity index (χ2n) is 5.20. The molecule has 2 rings (SSSR count). The lowest BCUT2D eigenvalue weighted by molar-refractivity contribution is -0.304. The number of carbonyl (C=O) groups is 2. The van der Waals surface area contributed by atoms with Crippen molar-refractivity contribution in [2.75, 3.05) is 13.7 Å². The molecule has 2 aliphatic rings. The maximum absolute atomic E-state index is 11.4. The van der Waals surface area contributed by atoms with Crippen LogP contribution < -0.4 is 0 Å². The Morgan fingerprint density at radius 1 is 1.18 bits per heavy atom. The average Bonchev–Trinajstić information content (AvgIpc) is 2.47. The van der Waals surface area contributed by atoms with E-state index in [1.807, 2.05) is 6.92 Å². The Labute approximate surface area is 129 Å². The molecule has 9 heteroatoms. The monoisotopic (exact) mass is 316 g/mol. The van der Waals surface area contributed by atoms with Gasteiger partial charge in [0.2, 0.25) is 0 Å². The quantitative estimate of drug-likeness (QED) is 0.535. The minimum Gasteiger partial charge on any atom is -0.456 e. The Morgan fingerprint density at radius 2 is 1.82 bits per heavy atom. The molecule has 0 aromatic rings. The molecule has 2 saturated heterocycles. The summed E-state index contributed by atoms with van der Waals surface area (Å²) in [5.74, 6) is -1.02. The fraction of sp³-hybridized carbons (Fsp3) is 0.846. The summed E-state index contributed by atoms with van der Waals surface area (Å²) >= 11 is 0. The molecule has 22 heavy (non-hydrogen) atoms. The van der Waals surface area contributed by atoms with Crippen LogP contribution in [0.15, 0.2) is 0 Å². The molecule has 0 bridgehead atoms. The Bertz CT molecular complexity index is 417. The third-order valence-electron chi connectivity index (χ3n) is 3.52. The zero-order valence-electron chi connectivity index (χ0n) is 13.1. The van der Waals surface area contributed by atoms with E-state index in [1.54, 1.807) is 0 Å². The van der Waals surface area contributed by atoms with Gasteiger partial charge in [-0.05, 0) is 6.32 Å². The Morgan fingerprint density at radius 3 is 2.36 bits per heavy atom. The third-order valence-corrected chi connectivity index (χ3v) is 3.52. The molecule has 0 spiro atoms. The summed E-state index contributed by atoms with van der Waals surface area (Å²) in [4.78, 5) is 22.8. The van der Waals surface area contributed by atoms with Crippen molar-refractivity contribution in [3.63, 3.8) is 0 Å².